The average Bonchev–Trinajstić information content (AvgIpc) is 2.37. The lowest BCUT2D eigenvalue weighted by molar-refractivity contribution is 0.0689. The van der Waals surface area contributed by atoms with Gasteiger partial charge in [0.1, 0.15) is 5.69 Å². The van der Waals surface area contributed by atoms with Crippen LogP contribution in [0.4, 0.5) is 0 Å². The number of amides is 1. The monoisotopic (exact) mass is 280 g/mol. The summed E-state index contributed by atoms with van der Waals surface area (Å²) >= 11 is 1.76. The molecule has 1 saturated carbocycles. The molecular formula is C13H16N2O3S. The molecule has 102 valence electrons. The maximum Gasteiger partial charge on any atom is 0.338 e. The molecule has 0 spiro atoms. The number of thioether (sulfide) groups is 1. The normalized spacial score (nSPS) is 16.5. The number of pyridine rings is 1. The van der Waals surface area contributed by atoms with E-state index < -0.39 is 11.9 Å². The lowest BCUT2D eigenvalue weighted by atomic mass is 9.84. The van der Waals surface area contributed by atoms with Gasteiger partial charge in [0.2, 0.25) is 0 Å². The van der Waals surface area contributed by atoms with Crippen LogP contribution in [0.1, 0.15) is 40.1 Å². The molecule has 0 aliphatic heterocycles. The SMILES string of the molecule is CSC1(CNC(=O)c2ncccc2C(=O)O)CCC1. The molecule has 1 aliphatic carbocycles. The molecular weight excluding hydrogens is 264 g/mol. The van der Waals surface area contributed by atoms with Crippen molar-refractivity contribution < 1.29 is 14.7 Å². The topological polar surface area (TPSA) is 79.3 Å². The van der Waals surface area contributed by atoms with Gasteiger partial charge in [-0.1, -0.05) is 6.42 Å². The molecule has 1 aliphatic rings. The predicted molar refractivity (Wildman–Crippen MR) is 73.6 cm³/mol. The van der Waals surface area contributed by atoms with Gasteiger partial charge in [0, 0.05) is 17.5 Å². The molecule has 0 unspecified atom stereocenters. The molecule has 19 heavy (non-hydrogen) atoms. The van der Waals surface area contributed by atoms with Gasteiger partial charge < -0.3 is 10.4 Å². The quantitative estimate of drug-likeness (QED) is 0.859. The number of aromatic carboxylic acids is 1. The summed E-state index contributed by atoms with van der Waals surface area (Å²) in [6, 6.07) is 2.90. The predicted octanol–water partition coefficient (Wildman–Crippen LogP) is 1.80. The molecule has 0 aromatic carbocycles. The average molecular weight is 280 g/mol. The van der Waals surface area contributed by atoms with Crippen LogP contribution < -0.4 is 5.32 Å². The molecule has 2 N–H and O–H groups in total. The Morgan fingerprint density at radius 3 is 2.79 bits per heavy atom. The summed E-state index contributed by atoms with van der Waals surface area (Å²) in [4.78, 5) is 26.9. The Bertz CT molecular complexity index is 495. The number of carbonyl (C=O) groups is 2. The minimum absolute atomic E-state index is 0.0226. The van der Waals surface area contributed by atoms with E-state index in [0.717, 1.165) is 12.8 Å². The highest BCUT2D eigenvalue weighted by molar-refractivity contribution is 8.00. The van der Waals surface area contributed by atoms with Gasteiger partial charge in [0.05, 0.1) is 5.56 Å². The Balaban J connectivity index is 2.06. The van der Waals surface area contributed by atoms with Crippen LogP contribution in [0.25, 0.3) is 0 Å². The van der Waals surface area contributed by atoms with Crippen molar-refractivity contribution >= 4 is 23.6 Å². The van der Waals surface area contributed by atoms with Crippen LogP contribution in [0, 0.1) is 0 Å². The van der Waals surface area contributed by atoms with Crippen molar-refractivity contribution in [3.05, 3.63) is 29.6 Å². The highest BCUT2D eigenvalue weighted by Gasteiger charge is 2.36. The Hall–Kier alpha value is -1.56. The zero-order chi connectivity index (χ0) is 13.9. The fourth-order valence-electron chi connectivity index (χ4n) is 2.11. The van der Waals surface area contributed by atoms with Crippen LogP contribution in [-0.4, -0.2) is 39.5 Å². The summed E-state index contributed by atoms with van der Waals surface area (Å²) in [5.74, 6) is -1.56. The first-order valence-electron chi connectivity index (χ1n) is 6.10. The van der Waals surface area contributed by atoms with Gasteiger partial charge in [-0.25, -0.2) is 4.79 Å². The molecule has 1 aromatic heterocycles. The number of rotatable bonds is 5. The second kappa shape index (κ2) is 5.61. The number of carboxylic acid groups (broad SMARTS) is 1. The minimum Gasteiger partial charge on any atom is -0.478 e. The zero-order valence-electron chi connectivity index (χ0n) is 10.7. The number of carboxylic acids is 1. The first-order chi connectivity index (χ1) is 9.08. The fraction of sp³-hybridized carbons (Fsp3) is 0.462. The van der Waals surface area contributed by atoms with Gasteiger partial charge in [-0.3, -0.25) is 9.78 Å². The van der Waals surface area contributed by atoms with Gasteiger partial charge in [0.15, 0.2) is 0 Å². The summed E-state index contributed by atoms with van der Waals surface area (Å²) in [5, 5.41) is 11.8. The molecule has 5 nitrogen and oxygen atoms in total. The molecule has 0 radical (unpaired) electrons. The van der Waals surface area contributed by atoms with Crippen LogP contribution in [0.2, 0.25) is 0 Å². The molecule has 0 bridgehead atoms. The van der Waals surface area contributed by atoms with Gasteiger partial charge in [0.25, 0.3) is 5.91 Å². The first-order valence-corrected chi connectivity index (χ1v) is 7.32. The standard InChI is InChI=1S/C13H16N2O3S/c1-19-13(5-3-6-13)8-15-11(16)10-9(12(17)18)4-2-7-14-10/h2,4,7H,3,5-6,8H2,1H3,(H,15,16)(H,17,18). The fourth-order valence-corrected chi connectivity index (χ4v) is 3.02. The van der Waals surface area contributed by atoms with Crippen molar-refractivity contribution in [3.63, 3.8) is 0 Å². The minimum atomic E-state index is -1.14. The zero-order valence-corrected chi connectivity index (χ0v) is 11.5. The lowest BCUT2D eigenvalue weighted by Crippen LogP contribution is -2.45. The van der Waals surface area contributed by atoms with Crippen molar-refractivity contribution in [2.75, 3.05) is 12.8 Å². The molecule has 6 heteroatoms. The van der Waals surface area contributed by atoms with Crippen LogP contribution in [0.5, 0.6) is 0 Å². The summed E-state index contributed by atoms with van der Waals surface area (Å²) in [5.41, 5.74) is -0.0858. The van der Waals surface area contributed by atoms with Crippen molar-refractivity contribution in [3.8, 4) is 0 Å². The lowest BCUT2D eigenvalue weighted by Gasteiger charge is -2.40. The number of nitrogens with zero attached hydrogens (tertiary/aromatic N) is 1. The van der Waals surface area contributed by atoms with E-state index in [-0.39, 0.29) is 16.0 Å². The Kier molecular flexibility index (Phi) is 4.09. The van der Waals surface area contributed by atoms with Crippen molar-refractivity contribution in [1.82, 2.24) is 10.3 Å². The van der Waals surface area contributed by atoms with Crippen LogP contribution in [0.15, 0.2) is 18.3 Å². The first kappa shape index (κ1) is 13.9. The summed E-state index contributed by atoms with van der Waals surface area (Å²) < 4.78 is 0.119. The molecule has 1 heterocycles. The van der Waals surface area contributed by atoms with E-state index in [4.69, 9.17) is 5.11 Å². The van der Waals surface area contributed by atoms with E-state index in [9.17, 15) is 9.59 Å². The third kappa shape index (κ3) is 2.89. The Morgan fingerprint density at radius 2 is 2.26 bits per heavy atom. The summed E-state index contributed by atoms with van der Waals surface area (Å²) in [6.45, 7) is 0.558. The van der Waals surface area contributed by atoms with E-state index >= 15 is 0 Å². The third-order valence-electron chi connectivity index (χ3n) is 3.52. The largest absolute Gasteiger partial charge is 0.478 e. The maximum absolute atomic E-state index is 12.0. The van der Waals surface area contributed by atoms with E-state index in [0.29, 0.717) is 6.54 Å². The number of aromatic nitrogens is 1. The van der Waals surface area contributed by atoms with E-state index in [1.54, 1.807) is 11.8 Å². The molecule has 1 fully saturated rings. The highest BCUT2D eigenvalue weighted by Crippen LogP contribution is 2.42. The molecule has 1 aromatic rings. The molecule has 0 saturated heterocycles. The third-order valence-corrected chi connectivity index (χ3v) is 4.94. The second-order valence-electron chi connectivity index (χ2n) is 4.63. The number of hydrogen-bond donors (Lipinski definition) is 2. The van der Waals surface area contributed by atoms with Crippen molar-refractivity contribution in [2.45, 2.75) is 24.0 Å². The van der Waals surface area contributed by atoms with Gasteiger partial charge in [-0.05, 0) is 31.2 Å². The number of carbonyl (C=O) groups excluding carboxylic acids is 1. The Labute approximate surface area is 115 Å². The van der Waals surface area contributed by atoms with Crippen molar-refractivity contribution in [2.24, 2.45) is 0 Å². The van der Waals surface area contributed by atoms with Crippen LogP contribution in [-0.2, 0) is 0 Å². The van der Waals surface area contributed by atoms with Crippen molar-refractivity contribution in [1.29, 1.82) is 0 Å². The highest BCUT2D eigenvalue weighted by atomic mass is 32.2. The summed E-state index contributed by atoms with van der Waals surface area (Å²) in [7, 11) is 0. The number of nitrogens with one attached hydrogen (secondary N) is 1. The van der Waals surface area contributed by atoms with E-state index in [2.05, 4.69) is 10.3 Å². The molecule has 1 amide bonds. The summed E-state index contributed by atoms with van der Waals surface area (Å²) in [6.07, 6.45) is 6.81. The van der Waals surface area contributed by atoms with Gasteiger partial charge in [-0.2, -0.15) is 11.8 Å². The van der Waals surface area contributed by atoms with Gasteiger partial charge >= 0.3 is 5.97 Å². The maximum atomic E-state index is 12.0. The van der Waals surface area contributed by atoms with Gasteiger partial charge in [-0.15, -0.1) is 0 Å². The van der Waals surface area contributed by atoms with E-state index in [1.807, 2.05) is 6.26 Å². The van der Waals surface area contributed by atoms with E-state index in [1.165, 1.54) is 24.8 Å². The Morgan fingerprint density at radius 1 is 1.53 bits per heavy atom. The van der Waals surface area contributed by atoms with Crippen LogP contribution in [0.3, 0.4) is 0 Å². The van der Waals surface area contributed by atoms with Crippen LogP contribution >= 0.6 is 11.8 Å². The second-order valence-corrected chi connectivity index (χ2v) is 5.90. The smallest absolute Gasteiger partial charge is 0.338 e. The number of hydrogen-bond acceptors (Lipinski definition) is 4. The molecule has 0 atom stereocenters. The molecule has 2 rings (SSSR count).